The Morgan fingerprint density at radius 1 is 1.35 bits per heavy atom. The molecular weight excluding hydrogens is 222 g/mol. The number of hydrogen-bond donors (Lipinski definition) is 2. The van der Waals surface area contributed by atoms with Crippen molar-refractivity contribution in [2.24, 2.45) is 0 Å². The molecule has 0 radical (unpaired) electrons. The molecule has 0 unspecified atom stereocenters. The molecule has 2 aromatic rings. The molecule has 0 amide bonds. The van der Waals surface area contributed by atoms with E-state index in [4.69, 9.17) is 5.11 Å². The molecule has 7 heteroatoms. The van der Waals surface area contributed by atoms with E-state index in [0.717, 1.165) is 5.82 Å². The highest BCUT2D eigenvalue weighted by Crippen LogP contribution is 2.19. The molecular formula is C10H15N5O2. The van der Waals surface area contributed by atoms with Crippen molar-refractivity contribution in [2.45, 2.75) is 12.6 Å². The average Bonchev–Trinajstić information content (AvgIpc) is 2.72. The molecule has 0 aromatic carbocycles. The number of aromatic nitrogens is 4. The van der Waals surface area contributed by atoms with Crippen molar-refractivity contribution in [2.75, 3.05) is 25.6 Å². The Kier molecular flexibility index (Phi) is 3.21. The van der Waals surface area contributed by atoms with Crippen LogP contribution in [0.5, 0.6) is 0 Å². The van der Waals surface area contributed by atoms with Gasteiger partial charge in [0.25, 0.3) is 0 Å². The van der Waals surface area contributed by atoms with Gasteiger partial charge in [-0.1, -0.05) is 0 Å². The molecule has 7 nitrogen and oxygen atoms in total. The van der Waals surface area contributed by atoms with Crippen LogP contribution in [0.15, 0.2) is 12.7 Å². The summed E-state index contributed by atoms with van der Waals surface area (Å²) in [5.41, 5.74) is 1.33. The first-order valence-corrected chi connectivity index (χ1v) is 5.25. The van der Waals surface area contributed by atoms with E-state index in [1.165, 1.54) is 6.33 Å². The van der Waals surface area contributed by atoms with Crippen molar-refractivity contribution in [3.05, 3.63) is 12.7 Å². The highest BCUT2D eigenvalue weighted by atomic mass is 16.3. The van der Waals surface area contributed by atoms with Crippen LogP contribution in [-0.2, 0) is 6.54 Å². The summed E-state index contributed by atoms with van der Waals surface area (Å²) in [6.07, 6.45) is 2.23. The van der Waals surface area contributed by atoms with E-state index in [0.29, 0.717) is 11.2 Å². The van der Waals surface area contributed by atoms with E-state index in [9.17, 15) is 5.11 Å². The predicted molar refractivity (Wildman–Crippen MR) is 62.7 cm³/mol. The van der Waals surface area contributed by atoms with Crippen molar-refractivity contribution in [3.63, 3.8) is 0 Å². The first kappa shape index (κ1) is 11.7. The fraction of sp³-hybridized carbons (Fsp3) is 0.500. The van der Waals surface area contributed by atoms with E-state index in [1.807, 2.05) is 19.0 Å². The number of rotatable bonds is 4. The van der Waals surface area contributed by atoms with Crippen LogP contribution < -0.4 is 4.90 Å². The van der Waals surface area contributed by atoms with Crippen molar-refractivity contribution in [1.82, 2.24) is 19.5 Å². The molecule has 2 aromatic heterocycles. The topological polar surface area (TPSA) is 87.3 Å². The number of nitrogens with zero attached hydrogens (tertiary/aromatic N) is 5. The SMILES string of the molecule is CN(C)c1ncnc2c1ncn2C[C@@H](O)CO. The fourth-order valence-corrected chi connectivity index (χ4v) is 1.61. The van der Waals surface area contributed by atoms with E-state index < -0.39 is 6.10 Å². The largest absolute Gasteiger partial charge is 0.394 e. The maximum Gasteiger partial charge on any atom is 0.165 e. The zero-order valence-electron chi connectivity index (χ0n) is 9.78. The number of fused-ring (bicyclic) bond motifs is 1. The van der Waals surface area contributed by atoms with Gasteiger partial charge in [0.2, 0.25) is 0 Å². The highest BCUT2D eigenvalue weighted by molar-refractivity contribution is 5.82. The minimum Gasteiger partial charge on any atom is -0.394 e. The molecule has 0 fully saturated rings. The van der Waals surface area contributed by atoms with Gasteiger partial charge < -0.3 is 19.7 Å². The normalized spacial score (nSPS) is 12.9. The number of hydrogen-bond acceptors (Lipinski definition) is 6. The smallest absolute Gasteiger partial charge is 0.165 e. The number of aliphatic hydroxyl groups excluding tert-OH is 2. The maximum atomic E-state index is 9.42. The third-order valence-corrected chi connectivity index (χ3v) is 2.42. The van der Waals surface area contributed by atoms with Crippen molar-refractivity contribution >= 4 is 17.0 Å². The van der Waals surface area contributed by atoms with Crippen LogP contribution in [0.3, 0.4) is 0 Å². The average molecular weight is 237 g/mol. The van der Waals surface area contributed by atoms with Gasteiger partial charge in [0, 0.05) is 14.1 Å². The fourth-order valence-electron chi connectivity index (χ4n) is 1.61. The Labute approximate surface area is 98.4 Å². The first-order chi connectivity index (χ1) is 8.13. The van der Waals surface area contributed by atoms with Gasteiger partial charge in [0.05, 0.1) is 25.6 Å². The molecule has 92 valence electrons. The molecule has 0 aliphatic carbocycles. The molecule has 0 saturated carbocycles. The van der Waals surface area contributed by atoms with Crippen LogP contribution in [0, 0.1) is 0 Å². The van der Waals surface area contributed by atoms with Crippen LogP contribution >= 0.6 is 0 Å². The lowest BCUT2D eigenvalue weighted by Crippen LogP contribution is -2.19. The van der Waals surface area contributed by atoms with Crippen molar-refractivity contribution in [1.29, 1.82) is 0 Å². The van der Waals surface area contributed by atoms with Crippen LogP contribution in [0.2, 0.25) is 0 Å². The Bertz CT molecular complexity index is 510. The molecule has 0 aliphatic heterocycles. The molecule has 0 aliphatic rings. The zero-order chi connectivity index (χ0) is 12.4. The third-order valence-electron chi connectivity index (χ3n) is 2.42. The Balaban J connectivity index is 2.44. The second kappa shape index (κ2) is 4.64. The Morgan fingerprint density at radius 3 is 2.76 bits per heavy atom. The van der Waals surface area contributed by atoms with Crippen LogP contribution in [0.25, 0.3) is 11.2 Å². The van der Waals surface area contributed by atoms with Gasteiger partial charge in [-0.2, -0.15) is 0 Å². The second-order valence-electron chi connectivity index (χ2n) is 4.00. The number of anilines is 1. The lowest BCUT2D eigenvalue weighted by Gasteiger charge is -2.11. The predicted octanol–water partition coefficient (Wildman–Crippen LogP) is -0.754. The van der Waals surface area contributed by atoms with Crippen LogP contribution in [0.1, 0.15) is 0 Å². The van der Waals surface area contributed by atoms with Gasteiger partial charge >= 0.3 is 0 Å². The molecule has 0 saturated heterocycles. The van der Waals surface area contributed by atoms with Gasteiger partial charge in [-0.15, -0.1) is 0 Å². The quantitative estimate of drug-likeness (QED) is 0.727. The summed E-state index contributed by atoms with van der Waals surface area (Å²) in [4.78, 5) is 14.4. The van der Waals surface area contributed by atoms with Crippen LogP contribution in [-0.4, -0.2) is 56.5 Å². The monoisotopic (exact) mass is 237 g/mol. The molecule has 0 bridgehead atoms. The molecule has 2 N–H and O–H groups in total. The lowest BCUT2D eigenvalue weighted by atomic mass is 10.4. The highest BCUT2D eigenvalue weighted by Gasteiger charge is 2.13. The van der Waals surface area contributed by atoms with Gasteiger partial charge in [0.15, 0.2) is 17.0 Å². The zero-order valence-corrected chi connectivity index (χ0v) is 9.78. The summed E-state index contributed by atoms with van der Waals surface area (Å²) in [5, 5.41) is 18.2. The second-order valence-corrected chi connectivity index (χ2v) is 4.00. The Hall–Kier alpha value is -1.73. The van der Waals surface area contributed by atoms with E-state index in [2.05, 4.69) is 15.0 Å². The van der Waals surface area contributed by atoms with E-state index >= 15 is 0 Å². The molecule has 0 spiro atoms. The summed E-state index contributed by atoms with van der Waals surface area (Å²) in [7, 11) is 3.76. The van der Waals surface area contributed by atoms with Crippen LogP contribution in [0.4, 0.5) is 5.82 Å². The van der Waals surface area contributed by atoms with Gasteiger partial charge in [-0.3, -0.25) is 0 Å². The Morgan fingerprint density at radius 2 is 2.12 bits per heavy atom. The van der Waals surface area contributed by atoms with Crippen molar-refractivity contribution < 1.29 is 10.2 Å². The summed E-state index contributed by atoms with van der Waals surface area (Å²) in [6, 6.07) is 0. The maximum absolute atomic E-state index is 9.42. The van der Waals surface area contributed by atoms with E-state index in [-0.39, 0.29) is 13.2 Å². The summed E-state index contributed by atoms with van der Waals surface area (Å²) in [5.74, 6) is 0.729. The number of imidazole rings is 1. The minimum absolute atomic E-state index is 0.261. The molecule has 2 heterocycles. The lowest BCUT2D eigenvalue weighted by molar-refractivity contribution is 0.0820. The first-order valence-electron chi connectivity index (χ1n) is 5.25. The summed E-state index contributed by atoms with van der Waals surface area (Å²) < 4.78 is 1.70. The van der Waals surface area contributed by atoms with Gasteiger partial charge in [-0.05, 0) is 0 Å². The minimum atomic E-state index is -0.815. The molecule has 2 rings (SSSR count). The molecule has 1 atom stereocenters. The summed E-state index contributed by atoms with van der Waals surface area (Å²) in [6.45, 7) is -0.0256. The van der Waals surface area contributed by atoms with E-state index in [1.54, 1.807) is 10.9 Å². The molecule has 17 heavy (non-hydrogen) atoms. The number of aliphatic hydroxyl groups is 2. The van der Waals surface area contributed by atoms with Gasteiger partial charge in [0.1, 0.15) is 6.33 Å². The van der Waals surface area contributed by atoms with Crippen molar-refractivity contribution in [3.8, 4) is 0 Å². The standard InChI is InChI=1S/C10H15N5O2/c1-14(2)9-8-10(12-5-11-9)15(6-13-8)3-7(17)4-16/h5-7,16-17H,3-4H2,1-2H3/t7-/m1/s1. The summed E-state index contributed by atoms with van der Waals surface area (Å²) >= 11 is 0. The third kappa shape index (κ3) is 2.20. The van der Waals surface area contributed by atoms with Gasteiger partial charge in [-0.25, -0.2) is 15.0 Å².